The third-order valence-corrected chi connectivity index (χ3v) is 4.65. The van der Waals surface area contributed by atoms with Gasteiger partial charge in [0.05, 0.1) is 29.4 Å². The molecular formula is C17H16BrN3O3. The van der Waals surface area contributed by atoms with Gasteiger partial charge in [-0.3, -0.25) is 13.9 Å². The number of aryl methyl sites for hydroxylation is 2. The van der Waals surface area contributed by atoms with E-state index in [1.807, 2.05) is 6.07 Å². The molecule has 3 rings (SSSR count). The van der Waals surface area contributed by atoms with Crippen molar-refractivity contribution in [3.8, 4) is 5.75 Å². The lowest BCUT2D eigenvalue weighted by Gasteiger charge is -2.12. The van der Waals surface area contributed by atoms with Crippen LogP contribution in [0.15, 0.2) is 45.7 Å². The van der Waals surface area contributed by atoms with Gasteiger partial charge in [0.15, 0.2) is 0 Å². The van der Waals surface area contributed by atoms with Crippen molar-refractivity contribution in [3.63, 3.8) is 0 Å². The van der Waals surface area contributed by atoms with E-state index in [-0.39, 0.29) is 11.6 Å². The van der Waals surface area contributed by atoms with Gasteiger partial charge in [-0.1, -0.05) is 12.1 Å². The molecule has 0 saturated carbocycles. The standard InChI is InChI=1S/C17H16BrN3O3/c1-20-13-8-12(15(24-3)9-14(13)21(2)17(20)23)19-16(22)10-6-4-5-7-11(10)18/h4-9H,1-3H3,(H,19,22). The Balaban J connectivity index is 2.09. The number of halogens is 1. The smallest absolute Gasteiger partial charge is 0.328 e. The Bertz CT molecular complexity index is 1000. The Labute approximate surface area is 146 Å². The van der Waals surface area contributed by atoms with Crippen molar-refractivity contribution < 1.29 is 9.53 Å². The van der Waals surface area contributed by atoms with Gasteiger partial charge in [-0.2, -0.15) is 0 Å². The molecule has 1 N–H and O–H groups in total. The number of amides is 1. The minimum absolute atomic E-state index is 0.138. The lowest BCUT2D eigenvalue weighted by Crippen LogP contribution is -2.19. The summed E-state index contributed by atoms with van der Waals surface area (Å²) in [6.07, 6.45) is 0. The van der Waals surface area contributed by atoms with Crippen LogP contribution in [0.2, 0.25) is 0 Å². The lowest BCUT2D eigenvalue weighted by molar-refractivity contribution is 0.102. The van der Waals surface area contributed by atoms with Crippen LogP contribution in [-0.4, -0.2) is 22.2 Å². The average molecular weight is 390 g/mol. The van der Waals surface area contributed by atoms with Crippen molar-refractivity contribution in [2.45, 2.75) is 0 Å². The Morgan fingerprint density at radius 1 is 1.12 bits per heavy atom. The number of hydrogen-bond donors (Lipinski definition) is 1. The maximum absolute atomic E-state index is 12.5. The zero-order chi connectivity index (χ0) is 17.4. The molecule has 0 fully saturated rings. The van der Waals surface area contributed by atoms with Crippen LogP contribution in [0.25, 0.3) is 11.0 Å². The second-order valence-electron chi connectivity index (χ2n) is 5.38. The van der Waals surface area contributed by atoms with E-state index in [1.54, 1.807) is 44.4 Å². The highest BCUT2D eigenvalue weighted by atomic mass is 79.9. The SMILES string of the molecule is COc1cc2c(cc1NC(=O)c1ccccc1Br)n(C)c(=O)n2C. The number of fused-ring (bicyclic) bond motifs is 1. The first-order valence-corrected chi connectivity index (χ1v) is 8.02. The van der Waals surface area contributed by atoms with Crippen LogP contribution in [0.4, 0.5) is 5.69 Å². The highest BCUT2D eigenvalue weighted by molar-refractivity contribution is 9.10. The summed E-state index contributed by atoms with van der Waals surface area (Å²) in [5.74, 6) is 0.227. The van der Waals surface area contributed by atoms with Gasteiger partial charge in [-0.15, -0.1) is 0 Å². The Hall–Kier alpha value is -2.54. The van der Waals surface area contributed by atoms with Crippen LogP contribution in [0, 0.1) is 0 Å². The number of hydrogen-bond acceptors (Lipinski definition) is 3. The number of ether oxygens (including phenoxy) is 1. The molecule has 0 radical (unpaired) electrons. The van der Waals surface area contributed by atoms with E-state index >= 15 is 0 Å². The predicted molar refractivity (Wildman–Crippen MR) is 96.8 cm³/mol. The summed E-state index contributed by atoms with van der Waals surface area (Å²) in [6, 6.07) is 10.6. The number of anilines is 1. The predicted octanol–water partition coefficient (Wildman–Crippen LogP) is 2.90. The molecule has 0 aliphatic carbocycles. The van der Waals surface area contributed by atoms with Crippen molar-refractivity contribution in [1.82, 2.24) is 9.13 Å². The lowest BCUT2D eigenvalue weighted by atomic mass is 10.2. The fraction of sp³-hybridized carbons (Fsp3) is 0.176. The largest absolute Gasteiger partial charge is 0.494 e. The normalized spacial score (nSPS) is 10.8. The summed E-state index contributed by atoms with van der Waals surface area (Å²) in [4.78, 5) is 24.6. The number of imidazole rings is 1. The van der Waals surface area contributed by atoms with Crippen molar-refractivity contribution in [1.29, 1.82) is 0 Å². The summed E-state index contributed by atoms with van der Waals surface area (Å²) in [5, 5.41) is 2.85. The van der Waals surface area contributed by atoms with E-state index in [4.69, 9.17) is 4.74 Å². The average Bonchev–Trinajstić information content (AvgIpc) is 2.78. The zero-order valence-corrected chi connectivity index (χ0v) is 15.0. The third kappa shape index (κ3) is 2.60. The number of carbonyl (C=O) groups excluding carboxylic acids is 1. The zero-order valence-electron chi connectivity index (χ0n) is 13.5. The van der Waals surface area contributed by atoms with E-state index in [0.717, 1.165) is 5.52 Å². The number of nitrogens with zero attached hydrogens (tertiary/aromatic N) is 2. The van der Waals surface area contributed by atoms with Crippen molar-refractivity contribution in [2.24, 2.45) is 14.1 Å². The highest BCUT2D eigenvalue weighted by Crippen LogP contribution is 2.30. The first-order chi connectivity index (χ1) is 11.4. The van der Waals surface area contributed by atoms with Gasteiger partial charge in [0.1, 0.15) is 5.75 Å². The van der Waals surface area contributed by atoms with Gasteiger partial charge in [0, 0.05) is 24.6 Å². The summed E-state index contributed by atoms with van der Waals surface area (Å²) >= 11 is 3.37. The Morgan fingerprint density at radius 3 is 2.38 bits per heavy atom. The van der Waals surface area contributed by atoms with Crippen LogP contribution in [0.5, 0.6) is 5.75 Å². The fourth-order valence-electron chi connectivity index (χ4n) is 2.63. The molecule has 0 bridgehead atoms. The molecule has 0 atom stereocenters. The molecule has 2 aromatic carbocycles. The second-order valence-corrected chi connectivity index (χ2v) is 6.23. The molecule has 6 nitrogen and oxygen atoms in total. The number of methoxy groups -OCH3 is 1. The van der Waals surface area contributed by atoms with Gasteiger partial charge in [-0.25, -0.2) is 4.79 Å². The molecule has 1 aromatic heterocycles. The number of rotatable bonds is 3. The molecular weight excluding hydrogens is 374 g/mol. The molecule has 7 heteroatoms. The highest BCUT2D eigenvalue weighted by Gasteiger charge is 2.16. The van der Waals surface area contributed by atoms with Gasteiger partial charge < -0.3 is 10.1 Å². The van der Waals surface area contributed by atoms with Crippen LogP contribution in [0.3, 0.4) is 0 Å². The minimum Gasteiger partial charge on any atom is -0.494 e. The van der Waals surface area contributed by atoms with Crippen molar-refractivity contribution >= 4 is 38.6 Å². The topological polar surface area (TPSA) is 65.3 Å². The van der Waals surface area contributed by atoms with Crippen LogP contribution in [0.1, 0.15) is 10.4 Å². The van der Waals surface area contributed by atoms with E-state index in [0.29, 0.717) is 27.0 Å². The van der Waals surface area contributed by atoms with E-state index < -0.39 is 0 Å². The first kappa shape index (κ1) is 16.3. The molecule has 24 heavy (non-hydrogen) atoms. The summed E-state index contributed by atoms with van der Waals surface area (Å²) in [6.45, 7) is 0. The van der Waals surface area contributed by atoms with Crippen molar-refractivity contribution in [2.75, 3.05) is 12.4 Å². The van der Waals surface area contributed by atoms with Crippen LogP contribution < -0.4 is 15.7 Å². The molecule has 0 unspecified atom stereocenters. The van der Waals surface area contributed by atoms with Crippen LogP contribution >= 0.6 is 15.9 Å². The maximum Gasteiger partial charge on any atom is 0.328 e. The summed E-state index contributed by atoms with van der Waals surface area (Å²) < 4.78 is 9.15. The monoisotopic (exact) mass is 389 g/mol. The molecule has 3 aromatic rings. The number of aromatic nitrogens is 2. The Morgan fingerprint density at radius 2 is 1.75 bits per heavy atom. The molecule has 0 saturated heterocycles. The van der Waals surface area contributed by atoms with E-state index in [1.165, 1.54) is 16.2 Å². The van der Waals surface area contributed by atoms with Gasteiger partial charge in [0.25, 0.3) is 5.91 Å². The second kappa shape index (κ2) is 6.16. The van der Waals surface area contributed by atoms with Crippen molar-refractivity contribution in [3.05, 3.63) is 56.9 Å². The molecule has 1 amide bonds. The molecule has 0 spiro atoms. The van der Waals surface area contributed by atoms with Gasteiger partial charge >= 0.3 is 5.69 Å². The van der Waals surface area contributed by atoms with Gasteiger partial charge in [-0.05, 0) is 34.1 Å². The number of nitrogens with one attached hydrogen (secondary N) is 1. The van der Waals surface area contributed by atoms with Gasteiger partial charge in [0.2, 0.25) is 0 Å². The molecule has 0 aliphatic rings. The first-order valence-electron chi connectivity index (χ1n) is 7.23. The summed E-state index contributed by atoms with van der Waals surface area (Å²) in [7, 11) is 4.91. The maximum atomic E-state index is 12.5. The quantitative estimate of drug-likeness (QED) is 0.748. The minimum atomic E-state index is -0.263. The molecule has 0 aliphatic heterocycles. The molecule has 124 valence electrons. The fourth-order valence-corrected chi connectivity index (χ4v) is 3.09. The number of benzene rings is 2. The molecule has 1 heterocycles. The van der Waals surface area contributed by atoms with E-state index in [9.17, 15) is 9.59 Å². The summed E-state index contributed by atoms with van der Waals surface area (Å²) in [5.41, 5.74) is 2.33. The number of carbonyl (C=O) groups is 1. The van der Waals surface area contributed by atoms with E-state index in [2.05, 4.69) is 21.2 Å². The third-order valence-electron chi connectivity index (χ3n) is 3.96. The van der Waals surface area contributed by atoms with Crippen LogP contribution in [-0.2, 0) is 14.1 Å². The Kier molecular flexibility index (Phi) is 4.19.